The Morgan fingerprint density at radius 1 is 1.00 bits per heavy atom. The Bertz CT molecular complexity index is 1030. The predicted molar refractivity (Wildman–Crippen MR) is 104 cm³/mol. The molecule has 0 aliphatic heterocycles. The summed E-state index contributed by atoms with van der Waals surface area (Å²) < 4.78 is 26.3. The van der Waals surface area contributed by atoms with Gasteiger partial charge in [-0.05, 0) is 35.9 Å². The van der Waals surface area contributed by atoms with Crippen LogP contribution in [0.1, 0.15) is 21.2 Å². The topological polar surface area (TPSA) is 76.1 Å². The summed E-state index contributed by atoms with van der Waals surface area (Å²) in [6, 6.07) is 18.1. The second-order valence-corrected chi connectivity index (χ2v) is 8.36. The number of nitrogens with one attached hydrogen (secondary N) is 1. The number of carbonyl (C=O) groups is 1. The van der Waals surface area contributed by atoms with Crippen LogP contribution >= 0.6 is 11.6 Å². The summed E-state index contributed by atoms with van der Waals surface area (Å²) in [5.74, 6) is -0.433. The molecule has 0 saturated heterocycles. The van der Waals surface area contributed by atoms with Crippen LogP contribution in [-0.2, 0) is 9.84 Å². The largest absolute Gasteiger partial charge is 0.350 e. The minimum atomic E-state index is -3.73. The summed E-state index contributed by atoms with van der Waals surface area (Å²) in [5.41, 5.74) is 0.794. The number of benzene rings is 2. The van der Waals surface area contributed by atoms with Gasteiger partial charge in [-0.25, -0.2) is 8.42 Å². The Morgan fingerprint density at radius 3 is 2.37 bits per heavy atom. The molecular weight excluding hydrogens is 384 g/mol. The van der Waals surface area contributed by atoms with E-state index in [9.17, 15) is 13.2 Å². The standard InChI is InChI=1S/C20H17ClN2O3S/c21-18-11-5-4-10-17(18)20(24)23-14-19(15-7-6-12-22-13-15)27(25,26)16-8-2-1-3-9-16/h1-13,19H,14H2,(H,23,24). The zero-order chi connectivity index (χ0) is 19.3. The summed E-state index contributed by atoms with van der Waals surface area (Å²) in [4.78, 5) is 16.7. The molecule has 1 atom stereocenters. The fraction of sp³-hybridized carbons (Fsp3) is 0.100. The number of hydrogen-bond donors (Lipinski definition) is 1. The van der Waals surface area contributed by atoms with Gasteiger partial charge in [-0.15, -0.1) is 0 Å². The first-order valence-corrected chi connectivity index (χ1v) is 10.1. The van der Waals surface area contributed by atoms with E-state index in [0.29, 0.717) is 16.1 Å². The fourth-order valence-electron chi connectivity index (χ4n) is 2.67. The molecule has 27 heavy (non-hydrogen) atoms. The zero-order valence-corrected chi connectivity index (χ0v) is 15.8. The number of nitrogens with zero attached hydrogens (tertiary/aromatic N) is 1. The number of aromatic nitrogens is 1. The maximum atomic E-state index is 13.1. The van der Waals surface area contributed by atoms with Gasteiger partial charge in [-0.3, -0.25) is 9.78 Å². The molecule has 1 heterocycles. The van der Waals surface area contributed by atoms with Crippen molar-refractivity contribution in [1.29, 1.82) is 0 Å². The molecule has 1 aromatic heterocycles. The first-order chi connectivity index (χ1) is 13.0. The van der Waals surface area contributed by atoms with Crippen molar-refractivity contribution in [2.75, 3.05) is 6.54 Å². The molecule has 7 heteroatoms. The van der Waals surface area contributed by atoms with Gasteiger partial charge in [-0.1, -0.05) is 48.0 Å². The SMILES string of the molecule is O=C(NCC(c1cccnc1)S(=O)(=O)c1ccccc1)c1ccccc1Cl. The molecule has 0 radical (unpaired) electrons. The molecule has 1 N–H and O–H groups in total. The lowest BCUT2D eigenvalue weighted by molar-refractivity contribution is 0.0954. The van der Waals surface area contributed by atoms with Crippen LogP contribution in [0.5, 0.6) is 0 Å². The van der Waals surface area contributed by atoms with Gasteiger partial charge in [0, 0.05) is 18.9 Å². The minimum Gasteiger partial charge on any atom is -0.350 e. The number of pyridine rings is 1. The summed E-state index contributed by atoms with van der Waals surface area (Å²) in [6.07, 6.45) is 3.06. The van der Waals surface area contributed by atoms with E-state index in [-0.39, 0.29) is 11.4 Å². The quantitative estimate of drug-likeness (QED) is 0.684. The number of rotatable bonds is 6. The van der Waals surface area contributed by atoms with Crippen molar-refractivity contribution < 1.29 is 13.2 Å². The van der Waals surface area contributed by atoms with Crippen LogP contribution in [0.4, 0.5) is 0 Å². The van der Waals surface area contributed by atoms with Gasteiger partial charge < -0.3 is 5.32 Å². The van der Waals surface area contributed by atoms with Gasteiger partial charge in [0.05, 0.1) is 15.5 Å². The monoisotopic (exact) mass is 400 g/mol. The summed E-state index contributed by atoms with van der Waals surface area (Å²) in [6.45, 7) is -0.104. The Hall–Kier alpha value is -2.70. The molecule has 0 saturated carbocycles. The van der Waals surface area contributed by atoms with Crippen LogP contribution < -0.4 is 5.32 Å². The Balaban J connectivity index is 1.90. The van der Waals surface area contributed by atoms with E-state index in [2.05, 4.69) is 10.3 Å². The van der Waals surface area contributed by atoms with Crippen LogP contribution in [-0.4, -0.2) is 25.9 Å². The van der Waals surface area contributed by atoms with Crippen LogP contribution in [0.3, 0.4) is 0 Å². The van der Waals surface area contributed by atoms with Crippen molar-refractivity contribution in [3.05, 3.63) is 95.3 Å². The number of carbonyl (C=O) groups excluding carboxylic acids is 1. The number of sulfone groups is 1. The minimum absolute atomic E-state index is 0.104. The van der Waals surface area contributed by atoms with Crippen molar-refractivity contribution in [3.8, 4) is 0 Å². The van der Waals surface area contributed by atoms with E-state index in [1.807, 2.05) is 0 Å². The maximum absolute atomic E-state index is 13.1. The summed E-state index contributed by atoms with van der Waals surface area (Å²) in [5, 5.41) is 2.02. The average molecular weight is 401 g/mol. The molecule has 138 valence electrons. The Morgan fingerprint density at radius 2 is 1.70 bits per heavy atom. The third kappa shape index (κ3) is 4.35. The van der Waals surface area contributed by atoms with Gasteiger partial charge in [0.2, 0.25) is 0 Å². The third-order valence-electron chi connectivity index (χ3n) is 4.07. The highest BCUT2D eigenvalue weighted by Gasteiger charge is 2.30. The first-order valence-electron chi connectivity index (χ1n) is 8.22. The highest BCUT2D eigenvalue weighted by molar-refractivity contribution is 7.91. The predicted octanol–water partition coefficient (Wildman–Crippen LogP) is 3.68. The van der Waals surface area contributed by atoms with E-state index in [4.69, 9.17) is 11.6 Å². The van der Waals surface area contributed by atoms with E-state index in [1.54, 1.807) is 60.8 Å². The second-order valence-electron chi connectivity index (χ2n) is 5.82. The lowest BCUT2D eigenvalue weighted by Crippen LogP contribution is -2.32. The molecule has 3 rings (SSSR count). The molecule has 1 amide bonds. The van der Waals surface area contributed by atoms with Crippen LogP contribution in [0.2, 0.25) is 5.02 Å². The fourth-order valence-corrected chi connectivity index (χ4v) is 4.56. The molecule has 0 spiro atoms. The molecule has 2 aromatic carbocycles. The van der Waals surface area contributed by atoms with Crippen molar-refractivity contribution in [2.24, 2.45) is 0 Å². The van der Waals surface area contributed by atoms with Crippen molar-refractivity contribution in [3.63, 3.8) is 0 Å². The molecule has 5 nitrogen and oxygen atoms in total. The number of amides is 1. The third-order valence-corrected chi connectivity index (χ3v) is 6.52. The number of hydrogen-bond acceptors (Lipinski definition) is 4. The molecule has 0 aliphatic carbocycles. The molecule has 0 bridgehead atoms. The molecule has 0 fully saturated rings. The molecule has 3 aromatic rings. The van der Waals surface area contributed by atoms with Crippen LogP contribution in [0.25, 0.3) is 0 Å². The van der Waals surface area contributed by atoms with Gasteiger partial charge in [-0.2, -0.15) is 0 Å². The van der Waals surface area contributed by atoms with Crippen molar-refractivity contribution >= 4 is 27.3 Å². The lowest BCUT2D eigenvalue weighted by atomic mass is 10.2. The molecule has 1 unspecified atom stereocenters. The van der Waals surface area contributed by atoms with Crippen LogP contribution in [0.15, 0.2) is 84.0 Å². The molecule has 0 aliphatic rings. The zero-order valence-electron chi connectivity index (χ0n) is 14.2. The summed E-state index contributed by atoms with van der Waals surface area (Å²) >= 11 is 6.05. The average Bonchev–Trinajstić information content (AvgIpc) is 2.69. The van der Waals surface area contributed by atoms with Crippen molar-refractivity contribution in [2.45, 2.75) is 10.1 Å². The summed E-state index contributed by atoms with van der Waals surface area (Å²) in [7, 11) is -3.73. The van der Waals surface area contributed by atoms with Gasteiger partial charge in [0.15, 0.2) is 9.84 Å². The van der Waals surface area contributed by atoms with E-state index in [0.717, 1.165) is 0 Å². The van der Waals surface area contributed by atoms with Crippen molar-refractivity contribution in [1.82, 2.24) is 10.3 Å². The highest BCUT2D eigenvalue weighted by atomic mass is 35.5. The van der Waals surface area contributed by atoms with Crippen LogP contribution in [0, 0.1) is 0 Å². The lowest BCUT2D eigenvalue weighted by Gasteiger charge is -2.19. The molecular formula is C20H17ClN2O3S. The maximum Gasteiger partial charge on any atom is 0.252 e. The van der Waals surface area contributed by atoms with Gasteiger partial charge in [0.25, 0.3) is 5.91 Å². The van der Waals surface area contributed by atoms with Gasteiger partial charge >= 0.3 is 0 Å². The van der Waals surface area contributed by atoms with E-state index in [1.165, 1.54) is 18.3 Å². The normalized spacial score (nSPS) is 12.3. The second kappa shape index (κ2) is 8.33. The number of halogens is 1. The van der Waals surface area contributed by atoms with E-state index < -0.39 is 21.0 Å². The Labute approximate surface area is 163 Å². The smallest absolute Gasteiger partial charge is 0.252 e. The van der Waals surface area contributed by atoms with Gasteiger partial charge in [0.1, 0.15) is 5.25 Å². The first kappa shape index (κ1) is 19.1. The highest BCUT2D eigenvalue weighted by Crippen LogP contribution is 2.28. The Kier molecular flexibility index (Phi) is 5.88. The van der Waals surface area contributed by atoms with E-state index >= 15 is 0 Å².